The van der Waals surface area contributed by atoms with Crippen molar-refractivity contribution >= 4 is 29.0 Å². The van der Waals surface area contributed by atoms with Gasteiger partial charge in [-0.2, -0.15) is 0 Å². The second kappa shape index (κ2) is 8.34. The Morgan fingerprint density at radius 2 is 1.87 bits per heavy atom. The van der Waals surface area contributed by atoms with Gasteiger partial charge in [0.2, 0.25) is 5.91 Å². The largest absolute Gasteiger partial charge is 0.376 e. The van der Waals surface area contributed by atoms with Gasteiger partial charge < -0.3 is 10.6 Å². The van der Waals surface area contributed by atoms with Gasteiger partial charge in [0.1, 0.15) is 0 Å². The first-order valence-corrected chi connectivity index (χ1v) is 7.78. The maximum atomic E-state index is 11.8. The molecule has 0 aliphatic rings. The summed E-state index contributed by atoms with van der Waals surface area (Å²) >= 11 is 5.92. The molecule has 0 saturated carbocycles. The van der Waals surface area contributed by atoms with Gasteiger partial charge in [0, 0.05) is 22.8 Å². The number of hydrogen-bond acceptors (Lipinski definition) is 3. The van der Waals surface area contributed by atoms with Crippen LogP contribution in [0.1, 0.15) is 22.8 Å². The van der Waals surface area contributed by atoms with E-state index < -0.39 is 0 Å². The Bertz CT molecular complexity index is 701. The quantitative estimate of drug-likeness (QED) is 0.766. The molecule has 0 aliphatic heterocycles. The van der Waals surface area contributed by atoms with Crippen molar-refractivity contribution in [3.8, 4) is 0 Å². The smallest absolute Gasteiger partial charge is 0.239 e. The summed E-state index contributed by atoms with van der Waals surface area (Å²) in [5.41, 5.74) is 2.46. The minimum atomic E-state index is -0.0970. The topological polar surface area (TPSA) is 58.2 Å². The van der Waals surface area contributed by atoms with E-state index in [9.17, 15) is 9.59 Å². The SMILES string of the molecule is CC(=O)c1cccc(NCC(=O)NCCc2cccc(Cl)c2)c1. The molecule has 2 N–H and O–H groups in total. The molecule has 5 heteroatoms. The number of carbonyl (C=O) groups is 2. The minimum Gasteiger partial charge on any atom is -0.376 e. The second-order valence-corrected chi connectivity index (χ2v) is 5.66. The van der Waals surface area contributed by atoms with Crippen LogP contribution in [0.4, 0.5) is 5.69 Å². The maximum absolute atomic E-state index is 11.8. The maximum Gasteiger partial charge on any atom is 0.239 e. The van der Waals surface area contributed by atoms with Crippen LogP contribution in [0, 0.1) is 0 Å². The van der Waals surface area contributed by atoms with Crippen LogP contribution in [-0.2, 0) is 11.2 Å². The summed E-state index contributed by atoms with van der Waals surface area (Å²) in [5, 5.41) is 6.55. The normalized spacial score (nSPS) is 10.2. The summed E-state index contributed by atoms with van der Waals surface area (Å²) in [6, 6.07) is 14.7. The summed E-state index contributed by atoms with van der Waals surface area (Å²) in [4.78, 5) is 23.1. The number of rotatable bonds is 7. The van der Waals surface area contributed by atoms with Crippen molar-refractivity contribution in [2.75, 3.05) is 18.4 Å². The third-order valence-electron chi connectivity index (χ3n) is 3.35. The third kappa shape index (κ3) is 5.75. The third-order valence-corrected chi connectivity index (χ3v) is 3.58. The molecule has 4 nitrogen and oxygen atoms in total. The predicted molar refractivity (Wildman–Crippen MR) is 93.1 cm³/mol. The van der Waals surface area contributed by atoms with Crippen LogP contribution in [0.3, 0.4) is 0 Å². The van der Waals surface area contributed by atoms with E-state index in [2.05, 4.69) is 10.6 Å². The first-order chi connectivity index (χ1) is 11.0. The molecule has 0 bridgehead atoms. The van der Waals surface area contributed by atoms with E-state index in [1.807, 2.05) is 30.3 Å². The number of ketones is 1. The Morgan fingerprint density at radius 1 is 1.09 bits per heavy atom. The number of carbonyl (C=O) groups excluding carboxylic acids is 2. The van der Waals surface area contributed by atoms with E-state index in [1.165, 1.54) is 6.92 Å². The molecule has 23 heavy (non-hydrogen) atoms. The fourth-order valence-corrected chi connectivity index (χ4v) is 2.34. The van der Waals surface area contributed by atoms with Crippen molar-refractivity contribution in [1.29, 1.82) is 0 Å². The molecule has 120 valence electrons. The molecular formula is C18H19ClN2O2. The van der Waals surface area contributed by atoms with Crippen LogP contribution in [-0.4, -0.2) is 24.8 Å². The van der Waals surface area contributed by atoms with Crippen molar-refractivity contribution in [1.82, 2.24) is 5.32 Å². The van der Waals surface area contributed by atoms with E-state index in [0.29, 0.717) is 17.1 Å². The van der Waals surface area contributed by atoms with E-state index in [4.69, 9.17) is 11.6 Å². The van der Waals surface area contributed by atoms with Gasteiger partial charge in [-0.1, -0.05) is 35.9 Å². The highest BCUT2D eigenvalue weighted by Crippen LogP contribution is 2.11. The average molecular weight is 331 g/mol. The minimum absolute atomic E-state index is 0.000349. The lowest BCUT2D eigenvalue weighted by Crippen LogP contribution is -2.31. The number of hydrogen-bond donors (Lipinski definition) is 2. The van der Waals surface area contributed by atoms with E-state index in [1.54, 1.807) is 18.2 Å². The fraction of sp³-hybridized carbons (Fsp3) is 0.222. The number of Topliss-reactive ketones (excluding diaryl/α,β-unsaturated/α-hetero) is 1. The van der Waals surface area contributed by atoms with Crippen LogP contribution in [0.5, 0.6) is 0 Å². The van der Waals surface area contributed by atoms with E-state index in [0.717, 1.165) is 17.7 Å². The Labute approximate surface area is 140 Å². The summed E-state index contributed by atoms with van der Waals surface area (Å²) in [6.07, 6.45) is 0.728. The molecular weight excluding hydrogens is 312 g/mol. The van der Waals surface area contributed by atoms with E-state index in [-0.39, 0.29) is 18.2 Å². The molecule has 0 fully saturated rings. The lowest BCUT2D eigenvalue weighted by molar-refractivity contribution is -0.119. The van der Waals surface area contributed by atoms with Gasteiger partial charge in [0.25, 0.3) is 0 Å². The molecule has 0 heterocycles. The van der Waals surface area contributed by atoms with Crippen molar-refractivity contribution in [3.05, 3.63) is 64.7 Å². The molecule has 0 atom stereocenters. The zero-order valence-electron chi connectivity index (χ0n) is 12.9. The number of nitrogens with one attached hydrogen (secondary N) is 2. The Hall–Kier alpha value is -2.33. The average Bonchev–Trinajstić information content (AvgIpc) is 2.53. The van der Waals surface area contributed by atoms with Crippen molar-refractivity contribution in [2.45, 2.75) is 13.3 Å². The van der Waals surface area contributed by atoms with Crippen molar-refractivity contribution < 1.29 is 9.59 Å². The van der Waals surface area contributed by atoms with Gasteiger partial charge in [-0.3, -0.25) is 9.59 Å². The van der Waals surface area contributed by atoms with Gasteiger partial charge in [0.15, 0.2) is 5.78 Å². The highest BCUT2D eigenvalue weighted by molar-refractivity contribution is 6.30. The van der Waals surface area contributed by atoms with Crippen LogP contribution in [0.25, 0.3) is 0 Å². The van der Waals surface area contributed by atoms with Crippen LogP contribution >= 0.6 is 11.6 Å². The first-order valence-electron chi connectivity index (χ1n) is 7.40. The molecule has 1 amide bonds. The summed E-state index contributed by atoms with van der Waals surface area (Å²) in [5.74, 6) is -0.0973. The lowest BCUT2D eigenvalue weighted by Gasteiger charge is -2.09. The summed E-state index contributed by atoms with van der Waals surface area (Å²) < 4.78 is 0. The molecule has 0 unspecified atom stereocenters. The molecule has 2 aromatic rings. The van der Waals surface area contributed by atoms with Gasteiger partial charge in [-0.15, -0.1) is 0 Å². The standard InChI is InChI=1S/C18H19ClN2O2/c1-13(22)15-5-3-7-17(11-15)21-12-18(23)20-9-8-14-4-2-6-16(19)10-14/h2-7,10-11,21H,8-9,12H2,1H3,(H,20,23). The Morgan fingerprint density at radius 3 is 2.61 bits per heavy atom. The molecule has 0 aromatic heterocycles. The zero-order valence-corrected chi connectivity index (χ0v) is 13.7. The lowest BCUT2D eigenvalue weighted by atomic mass is 10.1. The highest BCUT2D eigenvalue weighted by Gasteiger charge is 2.03. The zero-order chi connectivity index (χ0) is 16.7. The van der Waals surface area contributed by atoms with Crippen LogP contribution < -0.4 is 10.6 Å². The van der Waals surface area contributed by atoms with Gasteiger partial charge in [0.05, 0.1) is 6.54 Å². The molecule has 2 rings (SSSR count). The fourth-order valence-electron chi connectivity index (χ4n) is 2.13. The molecule has 0 saturated heterocycles. The molecule has 0 spiro atoms. The molecule has 0 radical (unpaired) electrons. The first kappa shape index (κ1) is 17.0. The number of halogens is 1. The second-order valence-electron chi connectivity index (χ2n) is 5.22. The van der Waals surface area contributed by atoms with E-state index >= 15 is 0 Å². The van der Waals surface area contributed by atoms with Crippen molar-refractivity contribution in [2.24, 2.45) is 0 Å². The van der Waals surface area contributed by atoms with Crippen molar-refractivity contribution in [3.63, 3.8) is 0 Å². The monoisotopic (exact) mass is 330 g/mol. The summed E-state index contributed by atoms with van der Waals surface area (Å²) in [6.45, 7) is 2.23. The molecule has 2 aromatic carbocycles. The van der Waals surface area contributed by atoms with Crippen LogP contribution in [0.15, 0.2) is 48.5 Å². The summed E-state index contributed by atoms with van der Waals surface area (Å²) in [7, 11) is 0. The Balaban J connectivity index is 1.75. The molecule has 0 aliphatic carbocycles. The Kier molecular flexibility index (Phi) is 6.18. The van der Waals surface area contributed by atoms with Gasteiger partial charge >= 0.3 is 0 Å². The number of amides is 1. The highest BCUT2D eigenvalue weighted by atomic mass is 35.5. The predicted octanol–water partition coefficient (Wildman–Crippen LogP) is 3.31. The van der Waals surface area contributed by atoms with Gasteiger partial charge in [-0.25, -0.2) is 0 Å². The van der Waals surface area contributed by atoms with Crippen LogP contribution in [0.2, 0.25) is 5.02 Å². The van der Waals surface area contributed by atoms with Gasteiger partial charge in [-0.05, 0) is 43.2 Å². The number of anilines is 1. The number of benzene rings is 2.